The van der Waals surface area contributed by atoms with Gasteiger partial charge in [-0.05, 0) is 54.0 Å². The molecule has 0 aliphatic heterocycles. The van der Waals surface area contributed by atoms with Gasteiger partial charge in [-0.25, -0.2) is 9.48 Å². The topological polar surface area (TPSA) is 169 Å². The predicted molar refractivity (Wildman–Crippen MR) is 136 cm³/mol. The van der Waals surface area contributed by atoms with Gasteiger partial charge >= 0.3 is 6.03 Å². The molecule has 198 valence electrons. The van der Waals surface area contributed by atoms with Gasteiger partial charge in [0.05, 0.1) is 25.3 Å². The van der Waals surface area contributed by atoms with Crippen LogP contribution in [0.25, 0.3) is 0 Å². The van der Waals surface area contributed by atoms with Crippen molar-refractivity contribution >= 4 is 11.9 Å². The zero-order valence-electron chi connectivity index (χ0n) is 21.1. The number of phenolic OH excluding ortho intramolecular Hbond substituents is 1. The Labute approximate surface area is 215 Å². The van der Waals surface area contributed by atoms with Crippen LogP contribution in [0, 0.1) is 0 Å². The van der Waals surface area contributed by atoms with Crippen molar-refractivity contribution in [1.82, 2.24) is 36.2 Å². The molecule has 3 aromatic rings. The molecule has 0 saturated heterocycles. The summed E-state index contributed by atoms with van der Waals surface area (Å²) in [5, 5.41) is 29.7. The Morgan fingerprint density at radius 3 is 2.54 bits per heavy atom. The van der Waals surface area contributed by atoms with Crippen LogP contribution in [0.5, 0.6) is 5.75 Å². The molecule has 6 N–H and O–H groups in total. The molecule has 0 spiro atoms. The molecule has 2 aromatic carbocycles. The largest absolute Gasteiger partial charge is 0.508 e. The minimum Gasteiger partial charge on any atom is -0.508 e. The van der Waals surface area contributed by atoms with Crippen LogP contribution in [0.4, 0.5) is 4.79 Å². The summed E-state index contributed by atoms with van der Waals surface area (Å²) in [6.45, 7) is 4.63. The van der Waals surface area contributed by atoms with Gasteiger partial charge in [-0.3, -0.25) is 4.79 Å². The summed E-state index contributed by atoms with van der Waals surface area (Å²) in [7, 11) is 0. The van der Waals surface area contributed by atoms with Crippen LogP contribution in [0.1, 0.15) is 36.8 Å². The monoisotopic (exact) mass is 510 g/mol. The highest BCUT2D eigenvalue weighted by molar-refractivity contribution is 5.85. The molecule has 3 amide bonds. The molecule has 37 heavy (non-hydrogen) atoms. The number of carbonyl (C=O) groups excluding carboxylic acids is 2. The number of rotatable bonds is 13. The zero-order valence-corrected chi connectivity index (χ0v) is 21.1. The first-order valence-electron chi connectivity index (χ1n) is 12.0. The highest BCUT2D eigenvalue weighted by Gasteiger charge is 2.28. The Balaban J connectivity index is 1.52. The average Bonchev–Trinajstić information content (AvgIpc) is 3.32. The number of tetrazole rings is 1. The van der Waals surface area contributed by atoms with E-state index in [-0.39, 0.29) is 37.4 Å². The van der Waals surface area contributed by atoms with Crippen molar-refractivity contribution in [3.05, 3.63) is 71.5 Å². The Bertz CT molecular complexity index is 1150. The molecule has 0 unspecified atom stereocenters. The third-order valence-corrected chi connectivity index (χ3v) is 5.38. The fourth-order valence-electron chi connectivity index (χ4n) is 3.38. The molecule has 0 aliphatic carbocycles. The maximum Gasteiger partial charge on any atom is 0.314 e. The van der Waals surface area contributed by atoms with Gasteiger partial charge in [0.1, 0.15) is 11.8 Å². The van der Waals surface area contributed by atoms with Crippen LogP contribution in [-0.4, -0.2) is 62.5 Å². The summed E-state index contributed by atoms with van der Waals surface area (Å²) in [5.74, 6) is 0.200. The van der Waals surface area contributed by atoms with E-state index in [1.807, 2.05) is 36.4 Å². The van der Waals surface area contributed by atoms with Gasteiger partial charge in [-0.2, -0.15) is 0 Å². The molecule has 0 fully saturated rings. The lowest BCUT2D eigenvalue weighted by molar-refractivity contribution is -0.126. The lowest BCUT2D eigenvalue weighted by Gasteiger charge is -2.24. The summed E-state index contributed by atoms with van der Waals surface area (Å²) in [5.41, 5.74) is 6.76. The van der Waals surface area contributed by atoms with Gasteiger partial charge in [0.2, 0.25) is 5.91 Å². The minimum absolute atomic E-state index is 0.125. The van der Waals surface area contributed by atoms with Crippen molar-refractivity contribution in [2.24, 2.45) is 5.73 Å². The van der Waals surface area contributed by atoms with Crippen LogP contribution in [0.3, 0.4) is 0 Å². The summed E-state index contributed by atoms with van der Waals surface area (Å²) < 4.78 is 7.35. The fourth-order valence-corrected chi connectivity index (χ4v) is 3.38. The Kier molecular flexibility index (Phi) is 9.92. The first-order valence-corrected chi connectivity index (χ1v) is 12.0. The highest BCUT2D eigenvalue weighted by atomic mass is 16.5. The zero-order chi connectivity index (χ0) is 26.7. The SMILES string of the molecule is CC(C)(N)C(=O)N[C@H](COCc1ccccc1)c1nnnn1CCNC(=O)NCCc1cccc(O)c1. The van der Waals surface area contributed by atoms with Crippen LogP contribution in [0.15, 0.2) is 54.6 Å². The van der Waals surface area contributed by atoms with Crippen LogP contribution >= 0.6 is 0 Å². The number of hydrogen-bond acceptors (Lipinski definition) is 8. The van der Waals surface area contributed by atoms with Gasteiger partial charge in [-0.1, -0.05) is 42.5 Å². The van der Waals surface area contributed by atoms with E-state index in [2.05, 4.69) is 31.5 Å². The number of nitrogens with two attached hydrogens (primary N) is 1. The van der Waals surface area contributed by atoms with Crippen molar-refractivity contribution in [3.8, 4) is 5.75 Å². The van der Waals surface area contributed by atoms with Crippen LogP contribution < -0.4 is 21.7 Å². The maximum absolute atomic E-state index is 12.6. The number of ether oxygens (including phenoxy) is 1. The summed E-state index contributed by atoms with van der Waals surface area (Å²) in [4.78, 5) is 24.7. The first kappa shape index (κ1) is 27.6. The molecule has 12 nitrogen and oxygen atoms in total. The van der Waals surface area contributed by atoms with Crippen molar-refractivity contribution < 1.29 is 19.4 Å². The Hall–Kier alpha value is -4.03. The van der Waals surface area contributed by atoms with E-state index in [1.54, 1.807) is 32.0 Å². The van der Waals surface area contributed by atoms with Gasteiger partial charge < -0.3 is 31.5 Å². The number of nitrogens with one attached hydrogen (secondary N) is 3. The molecule has 1 aromatic heterocycles. The van der Waals surface area contributed by atoms with E-state index in [9.17, 15) is 14.7 Å². The molecule has 12 heteroatoms. The predicted octanol–water partition coefficient (Wildman–Crippen LogP) is 1.03. The molecule has 3 rings (SSSR count). The molecular weight excluding hydrogens is 476 g/mol. The number of aromatic hydroxyl groups is 1. The second-order valence-electron chi connectivity index (χ2n) is 9.11. The number of nitrogens with zero attached hydrogens (tertiary/aromatic N) is 4. The van der Waals surface area contributed by atoms with Crippen LogP contribution in [0.2, 0.25) is 0 Å². The third-order valence-electron chi connectivity index (χ3n) is 5.38. The molecule has 0 bridgehead atoms. The number of amides is 3. The second kappa shape index (κ2) is 13.3. The lowest BCUT2D eigenvalue weighted by atomic mass is 10.1. The van der Waals surface area contributed by atoms with Gasteiger partial charge in [0, 0.05) is 13.1 Å². The van der Waals surface area contributed by atoms with E-state index < -0.39 is 11.6 Å². The van der Waals surface area contributed by atoms with E-state index in [0.29, 0.717) is 25.4 Å². The number of hydrogen-bond donors (Lipinski definition) is 5. The Morgan fingerprint density at radius 1 is 1.08 bits per heavy atom. The van der Waals surface area contributed by atoms with E-state index >= 15 is 0 Å². The normalized spacial score (nSPS) is 12.1. The second-order valence-corrected chi connectivity index (χ2v) is 9.11. The summed E-state index contributed by atoms with van der Waals surface area (Å²) in [6.07, 6.45) is 0.584. The number of aromatic nitrogens is 4. The lowest BCUT2D eigenvalue weighted by Crippen LogP contribution is -2.51. The number of benzene rings is 2. The first-order chi connectivity index (χ1) is 17.7. The molecule has 0 radical (unpaired) electrons. The average molecular weight is 511 g/mol. The molecule has 0 aliphatic rings. The quantitative estimate of drug-likeness (QED) is 0.227. The van der Waals surface area contributed by atoms with Gasteiger partial charge in [-0.15, -0.1) is 5.10 Å². The van der Waals surface area contributed by atoms with Crippen LogP contribution in [-0.2, 0) is 29.1 Å². The molecule has 0 saturated carbocycles. The summed E-state index contributed by atoms with van der Waals surface area (Å²) >= 11 is 0. The van der Waals surface area contributed by atoms with Crippen molar-refractivity contribution in [2.45, 2.75) is 45.0 Å². The molecular formula is C25H34N8O4. The highest BCUT2D eigenvalue weighted by Crippen LogP contribution is 2.13. The summed E-state index contributed by atoms with van der Waals surface area (Å²) in [6, 6.07) is 15.6. The van der Waals surface area contributed by atoms with Crippen molar-refractivity contribution in [3.63, 3.8) is 0 Å². The number of urea groups is 1. The Morgan fingerprint density at radius 2 is 1.81 bits per heavy atom. The number of carbonyl (C=O) groups is 2. The molecule has 1 atom stereocenters. The van der Waals surface area contributed by atoms with Crippen molar-refractivity contribution in [1.29, 1.82) is 0 Å². The fraction of sp³-hybridized carbons (Fsp3) is 0.400. The van der Waals surface area contributed by atoms with Gasteiger partial charge in [0.15, 0.2) is 5.82 Å². The maximum atomic E-state index is 12.6. The standard InChI is InChI=1S/C25H34N8O4/c1-25(2,26)23(35)29-21(17-37-16-19-7-4-3-5-8-19)22-30-31-32-33(22)14-13-28-24(36)27-12-11-18-9-6-10-20(34)15-18/h3-10,15,21,34H,11-14,16-17,26H2,1-2H3,(H,29,35)(H2,27,28,36)/t21-/m1/s1. The van der Waals surface area contributed by atoms with Crippen molar-refractivity contribution in [2.75, 3.05) is 19.7 Å². The molecule has 1 heterocycles. The smallest absolute Gasteiger partial charge is 0.314 e. The van der Waals surface area contributed by atoms with E-state index in [4.69, 9.17) is 10.5 Å². The number of phenols is 1. The minimum atomic E-state index is -1.10. The van der Waals surface area contributed by atoms with E-state index in [1.165, 1.54) is 4.68 Å². The third kappa shape index (κ3) is 9.17. The van der Waals surface area contributed by atoms with E-state index in [0.717, 1.165) is 11.1 Å². The van der Waals surface area contributed by atoms with Gasteiger partial charge in [0.25, 0.3) is 0 Å².